The Kier molecular flexibility index (Phi) is 4.08. The summed E-state index contributed by atoms with van der Waals surface area (Å²) < 4.78 is 22.0. The van der Waals surface area contributed by atoms with Crippen LogP contribution in [-0.2, 0) is 6.54 Å². The molecule has 0 aromatic carbocycles. The number of aromatic nitrogens is 7. The van der Waals surface area contributed by atoms with E-state index in [0.29, 0.717) is 47.5 Å². The van der Waals surface area contributed by atoms with Crippen LogP contribution < -0.4 is 4.74 Å². The summed E-state index contributed by atoms with van der Waals surface area (Å²) in [5.41, 5.74) is 2.20. The molecule has 0 radical (unpaired) electrons. The number of imidazole rings is 1. The average molecular weight is 391 g/mol. The summed E-state index contributed by atoms with van der Waals surface area (Å²) >= 11 is 0. The van der Waals surface area contributed by atoms with Crippen molar-refractivity contribution in [3.05, 3.63) is 48.6 Å². The molecule has 0 spiro atoms. The van der Waals surface area contributed by atoms with Gasteiger partial charge in [-0.1, -0.05) is 13.8 Å². The smallest absolute Gasteiger partial charge is 0.222 e. The van der Waals surface area contributed by atoms with E-state index < -0.39 is 5.95 Å². The van der Waals surface area contributed by atoms with E-state index in [2.05, 4.69) is 25.1 Å². The molecule has 0 fully saturated rings. The van der Waals surface area contributed by atoms with Gasteiger partial charge in [0.25, 0.3) is 0 Å². The number of nitrogens with zero attached hydrogens (tertiary/aromatic N) is 6. The zero-order valence-corrected chi connectivity index (χ0v) is 15.9. The van der Waals surface area contributed by atoms with Crippen LogP contribution >= 0.6 is 0 Å². The van der Waals surface area contributed by atoms with E-state index in [1.165, 1.54) is 6.20 Å². The summed E-state index contributed by atoms with van der Waals surface area (Å²) in [4.78, 5) is 17.4. The van der Waals surface area contributed by atoms with Gasteiger partial charge in [-0.15, -0.1) is 0 Å². The van der Waals surface area contributed by atoms with E-state index in [1.807, 2.05) is 24.6 Å². The predicted octanol–water partition coefficient (Wildman–Crippen LogP) is 3.45. The van der Waals surface area contributed by atoms with Crippen LogP contribution in [0.15, 0.2) is 36.8 Å². The number of pyridine rings is 2. The molecule has 0 unspecified atom stereocenters. The van der Waals surface area contributed by atoms with Gasteiger partial charge in [-0.2, -0.15) is 9.49 Å². The standard InChI is InChI=1S/C20H18FN7O/c1-11(2)18-25-19(27-26-18)15-10-28-6-7-29-16-9-23-14(8-13(16)20(28)24-15)12-4-3-5-22-17(12)21/h3-5,8-11H,6-7H2,1-2H3,(H,25,26,27). The fraction of sp³-hybridized carbons (Fsp3) is 0.250. The second kappa shape index (κ2) is 6.77. The highest BCUT2D eigenvalue weighted by atomic mass is 19.1. The average Bonchev–Trinajstić information content (AvgIpc) is 3.33. The van der Waals surface area contributed by atoms with Crippen molar-refractivity contribution in [1.29, 1.82) is 0 Å². The Morgan fingerprint density at radius 3 is 2.86 bits per heavy atom. The summed E-state index contributed by atoms with van der Waals surface area (Å²) in [6.45, 7) is 5.19. The van der Waals surface area contributed by atoms with Crippen molar-refractivity contribution < 1.29 is 9.13 Å². The quantitative estimate of drug-likeness (QED) is 0.538. The molecule has 4 aromatic heterocycles. The maximum atomic E-state index is 14.2. The molecule has 5 rings (SSSR count). The topological polar surface area (TPSA) is 94.4 Å². The predicted molar refractivity (Wildman–Crippen MR) is 104 cm³/mol. The van der Waals surface area contributed by atoms with Crippen molar-refractivity contribution in [2.75, 3.05) is 6.61 Å². The molecule has 0 aliphatic carbocycles. The summed E-state index contributed by atoms with van der Waals surface area (Å²) in [7, 11) is 0. The number of hydrogen-bond donors (Lipinski definition) is 1. The molecule has 0 atom stereocenters. The molecule has 0 saturated carbocycles. The van der Waals surface area contributed by atoms with Crippen LogP contribution in [-0.4, -0.2) is 41.3 Å². The van der Waals surface area contributed by atoms with E-state index in [-0.39, 0.29) is 5.92 Å². The number of nitrogens with one attached hydrogen (secondary N) is 1. The van der Waals surface area contributed by atoms with E-state index in [0.717, 1.165) is 11.4 Å². The summed E-state index contributed by atoms with van der Waals surface area (Å²) in [5, 5.41) is 7.25. The van der Waals surface area contributed by atoms with E-state index in [1.54, 1.807) is 24.4 Å². The Labute approximate surface area is 165 Å². The number of halogens is 1. The first kappa shape index (κ1) is 17.5. The van der Waals surface area contributed by atoms with Crippen LogP contribution in [0.4, 0.5) is 4.39 Å². The third-order valence-electron chi connectivity index (χ3n) is 4.79. The van der Waals surface area contributed by atoms with Crippen molar-refractivity contribution in [3.63, 3.8) is 0 Å². The molecule has 0 saturated heterocycles. The molecule has 146 valence electrons. The van der Waals surface area contributed by atoms with Crippen LogP contribution in [0.1, 0.15) is 25.6 Å². The first-order valence-corrected chi connectivity index (χ1v) is 9.34. The Bertz CT molecular complexity index is 1200. The minimum atomic E-state index is -0.569. The zero-order chi connectivity index (χ0) is 20.0. The largest absolute Gasteiger partial charge is 0.489 e. The lowest BCUT2D eigenvalue weighted by atomic mass is 10.1. The summed E-state index contributed by atoms with van der Waals surface area (Å²) in [6, 6.07) is 5.10. The molecular formula is C20H18FN7O. The second-order valence-electron chi connectivity index (χ2n) is 7.10. The molecule has 8 nitrogen and oxygen atoms in total. The van der Waals surface area contributed by atoms with Gasteiger partial charge in [0.15, 0.2) is 0 Å². The summed E-state index contributed by atoms with van der Waals surface area (Å²) in [5.74, 6) is 2.34. The minimum Gasteiger partial charge on any atom is -0.489 e. The molecule has 1 aliphatic rings. The molecule has 4 aromatic rings. The van der Waals surface area contributed by atoms with Crippen molar-refractivity contribution in [3.8, 4) is 39.9 Å². The van der Waals surface area contributed by atoms with Gasteiger partial charge in [0.2, 0.25) is 11.8 Å². The molecule has 0 bridgehead atoms. The SMILES string of the molecule is CC(C)c1nc(-c2cn3c(n2)-c2cc(-c4cccnc4F)ncc2OCC3)n[nH]1. The van der Waals surface area contributed by atoms with Gasteiger partial charge >= 0.3 is 0 Å². The highest BCUT2D eigenvalue weighted by molar-refractivity contribution is 5.73. The zero-order valence-electron chi connectivity index (χ0n) is 15.9. The van der Waals surface area contributed by atoms with Crippen LogP contribution in [0.2, 0.25) is 0 Å². The molecule has 0 amide bonds. The Hall–Kier alpha value is -3.62. The molecule has 9 heteroatoms. The van der Waals surface area contributed by atoms with Crippen molar-refractivity contribution >= 4 is 0 Å². The monoisotopic (exact) mass is 391 g/mol. The highest BCUT2D eigenvalue weighted by Crippen LogP contribution is 2.35. The number of H-pyrrole nitrogens is 1. The van der Waals surface area contributed by atoms with Crippen molar-refractivity contribution in [2.24, 2.45) is 0 Å². The van der Waals surface area contributed by atoms with E-state index in [4.69, 9.17) is 9.72 Å². The van der Waals surface area contributed by atoms with Crippen LogP contribution in [0.25, 0.3) is 34.2 Å². The number of ether oxygens (including phenoxy) is 1. The fourth-order valence-corrected chi connectivity index (χ4v) is 3.27. The van der Waals surface area contributed by atoms with Gasteiger partial charge in [0.05, 0.1) is 29.6 Å². The third-order valence-corrected chi connectivity index (χ3v) is 4.79. The van der Waals surface area contributed by atoms with E-state index in [9.17, 15) is 4.39 Å². The van der Waals surface area contributed by atoms with Crippen molar-refractivity contribution in [2.45, 2.75) is 26.3 Å². The molecular weight excluding hydrogens is 373 g/mol. The second-order valence-corrected chi connectivity index (χ2v) is 7.10. The van der Waals surface area contributed by atoms with Crippen LogP contribution in [0, 0.1) is 5.95 Å². The first-order chi connectivity index (χ1) is 14.1. The Morgan fingerprint density at radius 1 is 1.17 bits per heavy atom. The molecule has 5 heterocycles. The van der Waals surface area contributed by atoms with Gasteiger partial charge < -0.3 is 9.30 Å². The third kappa shape index (κ3) is 3.04. The maximum absolute atomic E-state index is 14.2. The van der Waals surface area contributed by atoms with Crippen LogP contribution in [0.5, 0.6) is 5.75 Å². The Morgan fingerprint density at radius 2 is 2.07 bits per heavy atom. The Balaban J connectivity index is 1.62. The molecule has 29 heavy (non-hydrogen) atoms. The fourth-order valence-electron chi connectivity index (χ4n) is 3.27. The normalized spacial score (nSPS) is 13.0. The highest BCUT2D eigenvalue weighted by Gasteiger charge is 2.22. The maximum Gasteiger partial charge on any atom is 0.222 e. The minimum absolute atomic E-state index is 0.244. The first-order valence-electron chi connectivity index (χ1n) is 9.34. The molecule has 1 aliphatic heterocycles. The number of fused-ring (bicyclic) bond motifs is 3. The van der Waals surface area contributed by atoms with E-state index >= 15 is 0 Å². The lowest BCUT2D eigenvalue weighted by molar-refractivity contribution is 0.305. The van der Waals surface area contributed by atoms with Gasteiger partial charge in [0.1, 0.15) is 29.7 Å². The van der Waals surface area contributed by atoms with Crippen molar-refractivity contribution in [1.82, 2.24) is 34.7 Å². The van der Waals surface area contributed by atoms with Gasteiger partial charge in [-0.25, -0.2) is 15.0 Å². The number of hydrogen-bond acceptors (Lipinski definition) is 6. The molecule has 1 N–H and O–H groups in total. The lowest BCUT2D eigenvalue weighted by Crippen LogP contribution is -2.04. The van der Waals surface area contributed by atoms with Gasteiger partial charge in [-0.05, 0) is 18.2 Å². The van der Waals surface area contributed by atoms with Gasteiger partial charge in [-0.3, -0.25) is 10.1 Å². The number of aromatic amines is 1. The number of rotatable bonds is 3. The van der Waals surface area contributed by atoms with Crippen LogP contribution in [0.3, 0.4) is 0 Å². The lowest BCUT2D eigenvalue weighted by Gasteiger charge is -2.08. The van der Waals surface area contributed by atoms with Gasteiger partial charge in [0, 0.05) is 18.3 Å². The summed E-state index contributed by atoms with van der Waals surface area (Å²) in [6.07, 6.45) is 4.92.